The van der Waals surface area contributed by atoms with Crippen LogP contribution in [0.4, 0.5) is 0 Å². The van der Waals surface area contributed by atoms with Crippen molar-refractivity contribution in [1.82, 2.24) is 0 Å². The van der Waals surface area contributed by atoms with Crippen LogP contribution in [0.1, 0.15) is 33.1 Å². The second-order valence-corrected chi connectivity index (χ2v) is 3.37. The van der Waals surface area contributed by atoms with E-state index in [1.165, 1.54) is 24.8 Å². The minimum Gasteiger partial charge on any atom is -0.130 e. The fraction of sp³-hybridized carbons (Fsp3) is 0.700. The largest absolute Gasteiger partial charge is 0.130 e. The lowest BCUT2D eigenvalue weighted by molar-refractivity contribution is 0.481. The Hall–Kier alpha value is -0.480. The maximum atomic E-state index is 3.68. The quantitative estimate of drug-likeness (QED) is 0.486. The number of hydrogen-bond acceptors (Lipinski definition) is 0. The summed E-state index contributed by atoms with van der Waals surface area (Å²) in [6.45, 7) is 8.16. The van der Waals surface area contributed by atoms with Gasteiger partial charge in [0.2, 0.25) is 0 Å². The van der Waals surface area contributed by atoms with Gasteiger partial charge >= 0.3 is 0 Å². The fourth-order valence-corrected chi connectivity index (χ4v) is 1.92. The van der Waals surface area contributed by atoms with Gasteiger partial charge in [-0.05, 0) is 30.8 Å². The highest BCUT2D eigenvalue weighted by Gasteiger charge is 2.23. The summed E-state index contributed by atoms with van der Waals surface area (Å²) in [5.41, 5.74) is 4.37. The first-order valence-corrected chi connectivity index (χ1v) is 4.12. The van der Waals surface area contributed by atoms with E-state index in [0.717, 1.165) is 11.8 Å². The van der Waals surface area contributed by atoms with Crippen molar-refractivity contribution in [3.05, 3.63) is 17.9 Å². The molecule has 2 atom stereocenters. The molecule has 0 aromatic rings. The maximum absolute atomic E-state index is 3.68. The highest BCUT2D eigenvalue weighted by Crippen LogP contribution is 2.35. The van der Waals surface area contributed by atoms with Crippen LogP contribution >= 0.6 is 0 Å². The Balaban J connectivity index is 2.64. The second-order valence-electron chi connectivity index (χ2n) is 3.37. The minimum atomic E-state index is 0.789. The molecule has 0 aromatic carbocycles. The normalized spacial score (nSPS) is 31.8. The van der Waals surface area contributed by atoms with E-state index in [1.807, 2.05) is 0 Å². The molecule has 0 bridgehead atoms. The fourth-order valence-electron chi connectivity index (χ4n) is 1.92. The van der Waals surface area contributed by atoms with E-state index in [4.69, 9.17) is 0 Å². The molecule has 0 aromatic heterocycles. The first kappa shape index (κ1) is 7.63. The second kappa shape index (κ2) is 3.07. The first-order chi connectivity index (χ1) is 4.75. The van der Waals surface area contributed by atoms with Crippen molar-refractivity contribution in [3.8, 4) is 0 Å². The zero-order valence-electron chi connectivity index (χ0n) is 6.98. The first-order valence-electron chi connectivity index (χ1n) is 4.12. The van der Waals surface area contributed by atoms with E-state index in [-0.39, 0.29) is 0 Å². The molecular formula is C10H16. The van der Waals surface area contributed by atoms with Crippen LogP contribution in [0.5, 0.6) is 0 Å². The molecule has 0 N–H and O–H groups in total. The molecule has 2 unspecified atom stereocenters. The third-order valence-electron chi connectivity index (χ3n) is 2.70. The molecule has 0 amide bonds. The lowest BCUT2D eigenvalue weighted by Gasteiger charge is -2.13. The predicted octanol–water partition coefficient (Wildman–Crippen LogP) is 3.15. The van der Waals surface area contributed by atoms with Gasteiger partial charge in [0.25, 0.3) is 0 Å². The van der Waals surface area contributed by atoms with Gasteiger partial charge in [-0.3, -0.25) is 0 Å². The van der Waals surface area contributed by atoms with Crippen molar-refractivity contribution in [2.75, 3.05) is 0 Å². The van der Waals surface area contributed by atoms with Gasteiger partial charge in [-0.25, -0.2) is 0 Å². The average Bonchev–Trinajstić information content (AvgIpc) is 2.34. The molecule has 0 saturated heterocycles. The lowest BCUT2D eigenvalue weighted by Crippen LogP contribution is -2.03. The summed E-state index contributed by atoms with van der Waals surface area (Å²) in [5.74, 6) is 1.66. The molecule has 0 radical (unpaired) electrons. The van der Waals surface area contributed by atoms with Crippen molar-refractivity contribution < 1.29 is 0 Å². The number of hydrogen-bond donors (Lipinski definition) is 0. The van der Waals surface area contributed by atoms with Crippen LogP contribution in [0.3, 0.4) is 0 Å². The molecule has 0 aliphatic heterocycles. The number of rotatable bonds is 1. The van der Waals surface area contributed by atoms with Gasteiger partial charge in [0, 0.05) is 0 Å². The van der Waals surface area contributed by atoms with Gasteiger partial charge in [0.1, 0.15) is 0 Å². The Labute approximate surface area is 63.6 Å². The molecule has 0 heteroatoms. The monoisotopic (exact) mass is 136 g/mol. The Morgan fingerprint density at radius 1 is 1.50 bits per heavy atom. The predicted molar refractivity (Wildman–Crippen MR) is 44.8 cm³/mol. The highest BCUT2D eigenvalue weighted by molar-refractivity contribution is 5.04. The summed E-state index contributed by atoms with van der Waals surface area (Å²) in [5, 5.41) is 0. The zero-order valence-corrected chi connectivity index (χ0v) is 6.98. The van der Waals surface area contributed by atoms with E-state index >= 15 is 0 Å². The summed E-state index contributed by atoms with van der Waals surface area (Å²) >= 11 is 0. The summed E-state index contributed by atoms with van der Waals surface area (Å²) in [4.78, 5) is 0. The van der Waals surface area contributed by atoms with Crippen molar-refractivity contribution >= 4 is 0 Å². The van der Waals surface area contributed by atoms with E-state index in [1.54, 1.807) is 0 Å². The van der Waals surface area contributed by atoms with Gasteiger partial charge < -0.3 is 0 Å². The smallest absolute Gasteiger partial charge is 0.0104 e. The Bertz CT molecular complexity index is 161. The molecule has 1 aliphatic rings. The van der Waals surface area contributed by atoms with E-state index in [2.05, 4.69) is 26.2 Å². The van der Waals surface area contributed by atoms with Crippen LogP contribution in [0.2, 0.25) is 0 Å². The van der Waals surface area contributed by atoms with Crippen molar-refractivity contribution in [2.24, 2.45) is 11.8 Å². The SMILES string of the molecule is C=C=C(C)C1CCCC1C. The molecule has 0 nitrogen and oxygen atoms in total. The third-order valence-corrected chi connectivity index (χ3v) is 2.70. The van der Waals surface area contributed by atoms with Crippen LogP contribution in [-0.4, -0.2) is 0 Å². The Kier molecular flexibility index (Phi) is 2.34. The van der Waals surface area contributed by atoms with Crippen LogP contribution in [0.25, 0.3) is 0 Å². The van der Waals surface area contributed by atoms with Crippen LogP contribution < -0.4 is 0 Å². The Morgan fingerprint density at radius 2 is 2.20 bits per heavy atom. The molecule has 1 aliphatic carbocycles. The highest BCUT2D eigenvalue weighted by atomic mass is 14.3. The van der Waals surface area contributed by atoms with Crippen molar-refractivity contribution in [1.29, 1.82) is 0 Å². The molecule has 56 valence electrons. The lowest BCUT2D eigenvalue weighted by atomic mass is 9.92. The summed E-state index contributed by atoms with van der Waals surface area (Å²) in [7, 11) is 0. The maximum Gasteiger partial charge on any atom is -0.0104 e. The molecular weight excluding hydrogens is 120 g/mol. The van der Waals surface area contributed by atoms with Gasteiger partial charge in [-0.1, -0.05) is 26.3 Å². The molecule has 0 heterocycles. The van der Waals surface area contributed by atoms with Crippen LogP contribution in [0.15, 0.2) is 17.9 Å². The number of allylic oxidation sites excluding steroid dienone is 1. The molecule has 10 heavy (non-hydrogen) atoms. The molecule has 1 saturated carbocycles. The average molecular weight is 136 g/mol. The molecule has 1 rings (SSSR count). The van der Waals surface area contributed by atoms with E-state index in [0.29, 0.717) is 0 Å². The summed E-state index contributed by atoms with van der Waals surface area (Å²) in [6.07, 6.45) is 4.14. The van der Waals surface area contributed by atoms with Gasteiger partial charge in [0.05, 0.1) is 0 Å². The van der Waals surface area contributed by atoms with Crippen LogP contribution in [0, 0.1) is 11.8 Å². The topological polar surface area (TPSA) is 0 Å². The minimum absolute atomic E-state index is 0.789. The van der Waals surface area contributed by atoms with Crippen molar-refractivity contribution in [3.63, 3.8) is 0 Å². The summed E-state index contributed by atoms with van der Waals surface area (Å²) < 4.78 is 0. The summed E-state index contributed by atoms with van der Waals surface area (Å²) in [6, 6.07) is 0. The van der Waals surface area contributed by atoms with Crippen LogP contribution in [-0.2, 0) is 0 Å². The van der Waals surface area contributed by atoms with E-state index < -0.39 is 0 Å². The van der Waals surface area contributed by atoms with Crippen molar-refractivity contribution in [2.45, 2.75) is 33.1 Å². The zero-order chi connectivity index (χ0) is 7.56. The van der Waals surface area contributed by atoms with E-state index in [9.17, 15) is 0 Å². The Morgan fingerprint density at radius 3 is 2.60 bits per heavy atom. The van der Waals surface area contributed by atoms with Gasteiger partial charge in [-0.2, -0.15) is 0 Å². The third kappa shape index (κ3) is 1.33. The molecule has 1 fully saturated rings. The van der Waals surface area contributed by atoms with Gasteiger partial charge in [-0.15, -0.1) is 5.73 Å². The van der Waals surface area contributed by atoms with Gasteiger partial charge in [0.15, 0.2) is 0 Å². The standard InChI is InChI=1S/C10H16/c1-4-8(2)10-7-5-6-9(10)3/h9-10H,1,5-7H2,2-3H3. The molecule has 0 spiro atoms.